The van der Waals surface area contributed by atoms with Crippen LogP contribution < -0.4 is 11.0 Å². The van der Waals surface area contributed by atoms with E-state index in [-0.39, 0.29) is 17.3 Å². The van der Waals surface area contributed by atoms with E-state index >= 15 is 0 Å². The van der Waals surface area contributed by atoms with Gasteiger partial charge in [0.05, 0.1) is 15.8 Å². The molecular weight excluding hydrogens is 375 g/mol. The first kappa shape index (κ1) is 18.9. The Balaban J connectivity index is 1.91. The summed E-state index contributed by atoms with van der Waals surface area (Å²) in [4.78, 5) is 23.7. The Bertz CT molecular complexity index is 763. The van der Waals surface area contributed by atoms with Crippen molar-refractivity contribution in [2.24, 2.45) is 0 Å². The number of ether oxygens (including phenoxy) is 1. The first-order valence-electron chi connectivity index (χ1n) is 7.03. The molecular formula is C14H16Cl2N4O3S. The molecule has 0 aliphatic heterocycles. The number of halogens is 2. The lowest BCUT2D eigenvalue weighted by atomic mass is 10.3. The smallest absolute Gasteiger partial charge is 0.343 e. The predicted molar refractivity (Wildman–Crippen MR) is 95.2 cm³/mol. The van der Waals surface area contributed by atoms with Crippen LogP contribution >= 0.6 is 35.0 Å². The van der Waals surface area contributed by atoms with E-state index in [1.807, 2.05) is 0 Å². The Morgan fingerprint density at radius 3 is 2.92 bits per heavy atom. The van der Waals surface area contributed by atoms with Crippen LogP contribution in [0.2, 0.25) is 10.0 Å². The number of carbonyl (C=O) groups is 1. The van der Waals surface area contributed by atoms with Crippen LogP contribution in [-0.2, 0) is 16.1 Å². The fraction of sp³-hybridized carbons (Fsp3) is 0.357. The number of anilines is 1. The SMILES string of the molecule is COCCCn1c(SCC(=O)Nc2ccc(Cl)c(Cl)c2)n[nH]c1=O. The van der Waals surface area contributed by atoms with Crippen LogP contribution in [0.1, 0.15) is 6.42 Å². The zero-order valence-electron chi connectivity index (χ0n) is 12.8. The minimum atomic E-state index is -0.307. The molecule has 130 valence electrons. The van der Waals surface area contributed by atoms with Gasteiger partial charge >= 0.3 is 5.69 Å². The second kappa shape index (κ2) is 9.12. The van der Waals surface area contributed by atoms with Crippen molar-refractivity contribution in [3.63, 3.8) is 0 Å². The third-order valence-corrected chi connectivity index (χ3v) is 4.70. The lowest BCUT2D eigenvalue weighted by molar-refractivity contribution is -0.113. The van der Waals surface area contributed by atoms with Gasteiger partial charge in [0.15, 0.2) is 5.16 Å². The summed E-state index contributed by atoms with van der Waals surface area (Å²) in [5.74, 6) is -0.133. The molecule has 24 heavy (non-hydrogen) atoms. The van der Waals surface area contributed by atoms with E-state index in [2.05, 4.69) is 15.5 Å². The number of thioether (sulfide) groups is 1. The Labute approximate surface area is 152 Å². The highest BCUT2D eigenvalue weighted by molar-refractivity contribution is 7.99. The summed E-state index contributed by atoms with van der Waals surface area (Å²) in [5.41, 5.74) is 0.244. The van der Waals surface area contributed by atoms with Crippen LogP contribution in [0.5, 0.6) is 0 Å². The van der Waals surface area contributed by atoms with Gasteiger partial charge in [-0.2, -0.15) is 0 Å². The zero-order valence-corrected chi connectivity index (χ0v) is 15.2. The molecule has 2 aromatic rings. The number of methoxy groups -OCH3 is 1. The third-order valence-electron chi connectivity index (χ3n) is 2.99. The number of aromatic amines is 1. The molecule has 0 fully saturated rings. The maximum atomic E-state index is 12.0. The van der Waals surface area contributed by atoms with Crippen molar-refractivity contribution in [3.05, 3.63) is 38.7 Å². The molecule has 0 aliphatic carbocycles. The standard InChI is InChI=1S/C14H16Cl2N4O3S/c1-23-6-2-5-20-13(22)18-19-14(20)24-8-12(21)17-9-3-4-10(15)11(16)7-9/h3-4,7H,2,5-6,8H2,1H3,(H,17,21)(H,18,22). The molecule has 0 atom stereocenters. The van der Waals surface area contributed by atoms with Gasteiger partial charge in [0, 0.05) is 25.9 Å². The van der Waals surface area contributed by atoms with Gasteiger partial charge in [-0.25, -0.2) is 9.89 Å². The Kier molecular flexibility index (Phi) is 7.16. The van der Waals surface area contributed by atoms with Crippen molar-refractivity contribution >= 4 is 46.6 Å². The summed E-state index contributed by atoms with van der Waals surface area (Å²) in [6, 6.07) is 4.83. The van der Waals surface area contributed by atoms with Crippen molar-refractivity contribution in [1.29, 1.82) is 0 Å². The Morgan fingerprint density at radius 2 is 2.21 bits per heavy atom. The van der Waals surface area contributed by atoms with Crippen LogP contribution in [0.25, 0.3) is 0 Å². The predicted octanol–water partition coefficient (Wildman–Crippen LogP) is 2.65. The maximum Gasteiger partial charge on any atom is 0.343 e. The maximum absolute atomic E-state index is 12.0. The Hall–Kier alpha value is -1.48. The molecule has 0 bridgehead atoms. The molecule has 1 amide bonds. The molecule has 1 aromatic carbocycles. The summed E-state index contributed by atoms with van der Waals surface area (Å²) in [6.45, 7) is 1.01. The van der Waals surface area contributed by atoms with E-state index in [9.17, 15) is 9.59 Å². The topological polar surface area (TPSA) is 89.0 Å². The van der Waals surface area contributed by atoms with Gasteiger partial charge in [0.2, 0.25) is 5.91 Å². The third kappa shape index (κ3) is 5.27. The number of rotatable bonds is 8. The second-order valence-electron chi connectivity index (χ2n) is 4.78. The monoisotopic (exact) mass is 390 g/mol. The minimum Gasteiger partial charge on any atom is -0.385 e. The lowest BCUT2D eigenvalue weighted by Gasteiger charge is -2.07. The summed E-state index contributed by atoms with van der Waals surface area (Å²) in [7, 11) is 1.60. The van der Waals surface area contributed by atoms with Gasteiger partial charge in [0.25, 0.3) is 0 Å². The number of H-pyrrole nitrogens is 1. The van der Waals surface area contributed by atoms with E-state index in [0.29, 0.717) is 40.5 Å². The molecule has 1 heterocycles. The summed E-state index contributed by atoms with van der Waals surface area (Å²) in [5, 5.41) is 10.3. The number of nitrogens with one attached hydrogen (secondary N) is 2. The van der Waals surface area contributed by atoms with Crippen molar-refractivity contribution < 1.29 is 9.53 Å². The summed E-state index contributed by atoms with van der Waals surface area (Å²) < 4.78 is 6.45. The number of hydrogen-bond acceptors (Lipinski definition) is 5. The van der Waals surface area contributed by atoms with Gasteiger partial charge in [-0.1, -0.05) is 35.0 Å². The van der Waals surface area contributed by atoms with Crippen molar-refractivity contribution in [2.45, 2.75) is 18.1 Å². The molecule has 0 spiro atoms. The average Bonchev–Trinajstić information content (AvgIpc) is 2.90. The number of nitrogens with zero attached hydrogens (tertiary/aromatic N) is 2. The molecule has 7 nitrogen and oxygen atoms in total. The lowest BCUT2D eigenvalue weighted by Crippen LogP contribution is -2.19. The number of benzene rings is 1. The van der Waals surface area contributed by atoms with Gasteiger partial charge in [-0.05, 0) is 24.6 Å². The van der Waals surface area contributed by atoms with E-state index in [1.54, 1.807) is 25.3 Å². The zero-order chi connectivity index (χ0) is 17.5. The fourth-order valence-corrected chi connectivity index (χ4v) is 2.95. The fourth-order valence-electron chi connectivity index (χ4n) is 1.88. The number of hydrogen-bond donors (Lipinski definition) is 2. The molecule has 0 saturated carbocycles. The second-order valence-corrected chi connectivity index (χ2v) is 6.53. The van der Waals surface area contributed by atoms with Crippen LogP contribution in [0.3, 0.4) is 0 Å². The molecule has 1 aromatic heterocycles. The van der Waals surface area contributed by atoms with Crippen LogP contribution in [0, 0.1) is 0 Å². The van der Waals surface area contributed by atoms with Gasteiger partial charge in [0.1, 0.15) is 0 Å². The van der Waals surface area contributed by atoms with Crippen molar-refractivity contribution in [3.8, 4) is 0 Å². The highest BCUT2D eigenvalue weighted by atomic mass is 35.5. The van der Waals surface area contributed by atoms with Crippen LogP contribution in [-0.4, -0.2) is 40.1 Å². The van der Waals surface area contributed by atoms with E-state index in [0.717, 1.165) is 0 Å². The number of amides is 1. The van der Waals surface area contributed by atoms with Gasteiger partial charge < -0.3 is 10.1 Å². The Morgan fingerprint density at radius 1 is 1.42 bits per heavy atom. The summed E-state index contributed by atoms with van der Waals surface area (Å²) in [6.07, 6.45) is 0.680. The molecule has 2 rings (SSSR count). The number of aromatic nitrogens is 3. The highest BCUT2D eigenvalue weighted by Gasteiger charge is 2.12. The first-order chi connectivity index (χ1) is 11.5. The van der Waals surface area contributed by atoms with Crippen LogP contribution in [0.15, 0.2) is 28.2 Å². The van der Waals surface area contributed by atoms with E-state index in [4.69, 9.17) is 27.9 Å². The molecule has 10 heteroatoms. The average molecular weight is 391 g/mol. The van der Waals surface area contributed by atoms with Crippen molar-refractivity contribution in [1.82, 2.24) is 14.8 Å². The summed E-state index contributed by atoms with van der Waals surface area (Å²) >= 11 is 12.9. The molecule has 2 N–H and O–H groups in total. The van der Waals surface area contributed by atoms with Crippen molar-refractivity contribution in [2.75, 3.05) is 24.8 Å². The van der Waals surface area contributed by atoms with Gasteiger partial charge in [-0.3, -0.25) is 9.36 Å². The quantitative estimate of drug-likeness (QED) is 0.534. The first-order valence-corrected chi connectivity index (χ1v) is 8.77. The minimum absolute atomic E-state index is 0.106. The van der Waals surface area contributed by atoms with E-state index < -0.39 is 0 Å². The molecule has 0 radical (unpaired) electrons. The molecule has 0 saturated heterocycles. The molecule has 0 aliphatic rings. The highest BCUT2D eigenvalue weighted by Crippen LogP contribution is 2.25. The normalized spacial score (nSPS) is 10.8. The number of carbonyl (C=O) groups excluding carboxylic acids is 1. The van der Waals surface area contributed by atoms with E-state index in [1.165, 1.54) is 16.3 Å². The van der Waals surface area contributed by atoms with Crippen LogP contribution in [0.4, 0.5) is 5.69 Å². The molecule has 0 unspecified atom stereocenters. The largest absolute Gasteiger partial charge is 0.385 e. The van der Waals surface area contributed by atoms with Gasteiger partial charge in [-0.15, -0.1) is 5.10 Å².